The monoisotopic (exact) mass is 277 g/mol. The Kier molecular flexibility index (Phi) is 4.71. The Bertz CT molecular complexity index is 427. The average molecular weight is 277 g/mol. The smallest absolute Gasteiger partial charge is 0.118 e. The molecule has 3 nitrogen and oxygen atoms in total. The summed E-state index contributed by atoms with van der Waals surface area (Å²) in [7, 11) is 3.79. The first kappa shape index (κ1) is 15.3. The molecule has 1 saturated carbocycles. The van der Waals surface area contributed by atoms with E-state index in [9.17, 15) is 5.11 Å². The molecule has 2 rings (SSSR count). The van der Waals surface area contributed by atoms with Crippen LogP contribution in [0, 0.1) is 5.41 Å². The van der Waals surface area contributed by atoms with E-state index in [1.807, 2.05) is 12.1 Å². The van der Waals surface area contributed by atoms with Crippen LogP contribution in [0.3, 0.4) is 0 Å². The summed E-state index contributed by atoms with van der Waals surface area (Å²) in [5, 5.41) is 10.3. The van der Waals surface area contributed by atoms with Gasteiger partial charge in [-0.3, -0.25) is 4.90 Å². The highest BCUT2D eigenvalue weighted by Crippen LogP contribution is 2.37. The largest absolute Gasteiger partial charge is 0.497 e. The van der Waals surface area contributed by atoms with Crippen LogP contribution in [0.2, 0.25) is 0 Å². The van der Waals surface area contributed by atoms with Gasteiger partial charge in [-0.25, -0.2) is 0 Å². The molecule has 0 amide bonds. The number of rotatable bonds is 4. The lowest BCUT2D eigenvalue weighted by Crippen LogP contribution is -2.47. The van der Waals surface area contributed by atoms with Crippen LogP contribution in [0.4, 0.5) is 0 Å². The van der Waals surface area contributed by atoms with Crippen molar-refractivity contribution in [3.05, 3.63) is 29.8 Å². The van der Waals surface area contributed by atoms with E-state index in [1.165, 1.54) is 5.56 Å². The van der Waals surface area contributed by atoms with Crippen LogP contribution < -0.4 is 4.74 Å². The van der Waals surface area contributed by atoms with Gasteiger partial charge in [0.2, 0.25) is 0 Å². The Morgan fingerprint density at radius 3 is 2.55 bits per heavy atom. The Labute approximate surface area is 122 Å². The highest BCUT2D eigenvalue weighted by atomic mass is 16.5. The Balaban J connectivity index is 2.00. The lowest BCUT2D eigenvalue weighted by Gasteiger charge is -2.42. The van der Waals surface area contributed by atoms with Crippen molar-refractivity contribution < 1.29 is 9.84 Å². The molecule has 1 aliphatic rings. The maximum atomic E-state index is 10.3. The van der Waals surface area contributed by atoms with Crippen molar-refractivity contribution >= 4 is 0 Å². The zero-order valence-electron chi connectivity index (χ0n) is 13.1. The second kappa shape index (κ2) is 6.15. The molecule has 3 heteroatoms. The lowest BCUT2D eigenvalue weighted by molar-refractivity contribution is -0.0102. The van der Waals surface area contributed by atoms with Crippen LogP contribution in [0.15, 0.2) is 24.3 Å². The minimum atomic E-state index is -0.203. The Hall–Kier alpha value is -1.06. The lowest BCUT2D eigenvalue weighted by atomic mass is 9.73. The number of aliphatic hydroxyl groups excluding tert-OH is 1. The molecule has 0 radical (unpaired) electrons. The summed E-state index contributed by atoms with van der Waals surface area (Å²) < 4.78 is 5.18. The molecule has 1 aromatic rings. The van der Waals surface area contributed by atoms with Crippen molar-refractivity contribution in [3.8, 4) is 5.75 Å². The van der Waals surface area contributed by atoms with Gasteiger partial charge in [-0.15, -0.1) is 0 Å². The molecular formula is C17H27NO2. The van der Waals surface area contributed by atoms with Crippen LogP contribution in [0.5, 0.6) is 5.75 Å². The number of aliphatic hydroxyl groups is 1. The van der Waals surface area contributed by atoms with E-state index in [0.717, 1.165) is 31.6 Å². The van der Waals surface area contributed by atoms with Crippen LogP contribution in [0.25, 0.3) is 0 Å². The standard InChI is InChI=1S/C17H27NO2/c1-17(2)10-9-16(19)15(11-17)18(3)12-13-5-7-14(20-4)8-6-13/h5-8,15-16,19H,9-12H2,1-4H3. The number of ether oxygens (including phenoxy) is 1. The van der Waals surface area contributed by atoms with Crippen LogP contribution in [0.1, 0.15) is 38.7 Å². The predicted octanol–water partition coefficient (Wildman–Crippen LogP) is 3.07. The number of hydrogen-bond donors (Lipinski definition) is 1. The fourth-order valence-electron chi connectivity index (χ4n) is 3.12. The topological polar surface area (TPSA) is 32.7 Å². The van der Waals surface area contributed by atoms with E-state index >= 15 is 0 Å². The molecule has 0 aliphatic heterocycles. The van der Waals surface area contributed by atoms with E-state index < -0.39 is 0 Å². The van der Waals surface area contributed by atoms with Crippen molar-refractivity contribution in [1.82, 2.24) is 4.90 Å². The zero-order chi connectivity index (χ0) is 14.8. The van der Waals surface area contributed by atoms with Crippen LogP contribution >= 0.6 is 0 Å². The van der Waals surface area contributed by atoms with Gasteiger partial charge in [0.1, 0.15) is 5.75 Å². The molecule has 0 heterocycles. The second-order valence-electron chi connectivity index (χ2n) is 6.80. The molecule has 2 unspecified atom stereocenters. The van der Waals surface area contributed by atoms with Gasteiger partial charge >= 0.3 is 0 Å². The van der Waals surface area contributed by atoms with Gasteiger partial charge in [-0.05, 0) is 49.4 Å². The van der Waals surface area contributed by atoms with Crippen molar-refractivity contribution in [1.29, 1.82) is 0 Å². The number of benzene rings is 1. The van der Waals surface area contributed by atoms with Crippen molar-refractivity contribution in [3.63, 3.8) is 0 Å². The Morgan fingerprint density at radius 2 is 1.95 bits per heavy atom. The van der Waals surface area contributed by atoms with E-state index in [2.05, 4.69) is 37.9 Å². The molecule has 0 bridgehead atoms. The van der Waals surface area contributed by atoms with Gasteiger partial charge in [0.25, 0.3) is 0 Å². The van der Waals surface area contributed by atoms with Gasteiger partial charge in [0, 0.05) is 12.6 Å². The molecule has 1 aromatic carbocycles. The molecule has 1 N–H and O–H groups in total. The maximum Gasteiger partial charge on any atom is 0.118 e. The summed E-state index contributed by atoms with van der Waals surface area (Å²) in [6, 6.07) is 8.42. The molecule has 1 fully saturated rings. The first-order valence-corrected chi connectivity index (χ1v) is 7.42. The van der Waals surface area contributed by atoms with Gasteiger partial charge in [0.05, 0.1) is 13.2 Å². The molecule has 0 saturated heterocycles. The second-order valence-corrected chi connectivity index (χ2v) is 6.80. The first-order chi connectivity index (χ1) is 9.41. The predicted molar refractivity (Wildman–Crippen MR) is 81.9 cm³/mol. The summed E-state index contributed by atoms with van der Waals surface area (Å²) in [6.07, 6.45) is 2.87. The van der Waals surface area contributed by atoms with Gasteiger partial charge < -0.3 is 9.84 Å². The normalized spacial score (nSPS) is 25.7. The quantitative estimate of drug-likeness (QED) is 0.918. The SMILES string of the molecule is COc1ccc(CN(C)C2CC(C)(C)CCC2O)cc1. The molecule has 1 aliphatic carbocycles. The first-order valence-electron chi connectivity index (χ1n) is 7.42. The van der Waals surface area contributed by atoms with Crippen molar-refractivity contribution in [2.45, 2.75) is 51.8 Å². The average Bonchev–Trinajstić information content (AvgIpc) is 2.42. The van der Waals surface area contributed by atoms with E-state index in [0.29, 0.717) is 5.41 Å². The summed E-state index contributed by atoms with van der Waals surface area (Å²) in [5.41, 5.74) is 1.59. The maximum absolute atomic E-state index is 10.3. The summed E-state index contributed by atoms with van der Waals surface area (Å²) in [5.74, 6) is 0.884. The third-order valence-corrected chi connectivity index (χ3v) is 4.48. The van der Waals surface area contributed by atoms with E-state index in [-0.39, 0.29) is 12.1 Å². The third-order valence-electron chi connectivity index (χ3n) is 4.48. The van der Waals surface area contributed by atoms with Gasteiger partial charge in [-0.2, -0.15) is 0 Å². The molecule has 0 aromatic heterocycles. The van der Waals surface area contributed by atoms with Crippen molar-refractivity contribution in [2.75, 3.05) is 14.2 Å². The highest BCUT2D eigenvalue weighted by Gasteiger charge is 2.35. The fraction of sp³-hybridized carbons (Fsp3) is 0.647. The van der Waals surface area contributed by atoms with Crippen LogP contribution in [-0.2, 0) is 6.54 Å². The fourth-order valence-corrected chi connectivity index (χ4v) is 3.12. The van der Waals surface area contributed by atoms with E-state index in [4.69, 9.17) is 4.74 Å². The van der Waals surface area contributed by atoms with E-state index in [1.54, 1.807) is 7.11 Å². The molecule has 112 valence electrons. The summed E-state index contributed by atoms with van der Waals surface area (Å²) in [4.78, 5) is 2.29. The minimum Gasteiger partial charge on any atom is -0.497 e. The molecule has 2 atom stereocenters. The summed E-state index contributed by atoms with van der Waals surface area (Å²) in [6.45, 7) is 5.46. The molecule has 0 spiro atoms. The molecule has 20 heavy (non-hydrogen) atoms. The molecular weight excluding hydrogens is 250 g/mol. The number of hydrogen-bond acceptors (Lipinski definition) is 3. The highest BCUT2D eigenvalue weighted by molar-refractivity contribution is 5.27. The number of methoxy groups -OCH3 is 1. The third kappa shape index (κ3) is 3.74. The van der Waals surface area contributed by atoms with Crippen molar-refractivity contribution in [2.24, 2.45) is 5.41 Å². The van der Waals surface area contributed by atoms with Gasteiger partial charge in [0.15, 0.2) is 0 Å². The van der Waals surface area contributed by atoms with Gasteiger partial charge in [-0.1, -0.05) is 26.0 Å². The zero-order valence-corrected chi connectivity index (χ0v) is 13.1. The number of likely N-dealkylation sites (N-methyl/N-ethyl adjacent to an activating group) is 1. The van der Waals surface area contributed by atoms with Crippen LogP contribution in [-0.4, -0.2) is 36.3 Å². The number of nitrogens with zero attached hydrogens (tertiary/aromatic N) is 1. The Morgan fingerprint density at radius 1 is 1.30 bits per heavy atom. The minimum absolute atomic E-state index is 0.203. The summed E-state index contributed by atoms with van der Waals surface area (Å²) >= 11 is 0.